The lowest BCUT2D eigenvalue weighted by atomic mass is 9.97. The summed E-state index contributed by atoms with van der Waals surface area (Å²) < 4.78 is 13.4. The molecule has 0 bridgehead atoms. The lowest BCUT2D eigenvalue weighted by Crippen LogP contribution is -2.40. The van der Waals surface area contributed by atoms with Crippen LogP contribution in [0.15, 0.2) is 36.4 Å². The first kappa shape index (κ1) is 22.9. The smallest absolute Gasteiger partial charge is 0.254 e. The van der Waals surface area contributed by atoms with Crippen molar-refractivity contribution in [3.05, 3.63) is 70.0 Å². The number of carbonyl (C=O) groups excluding carboxylic acids is 2. The number of amides is 2. The Kier molecular flexibility index (Phi) is 7.80. The number of nitrogens with one attached hydrogen (secondary N) is 1. The molecule has 1 saturated heterocycles. The van der Waals surface area contributed by atoms with E-state index in [2.05, 4.69) is 43.1 Å². The first-order chi connectivity index (χ1) is 14.8. The third-order valence-electron chi connectivity index (χ3n) is 5.85. The van der Waals surface area contributed by atoms with E-state index in [1.165, 1.54) is 34.4 Å². The Bertz CT molecular complexity index is 921. The fourth-order valence-corrected chi connectivity index (χ4v) is 4.33. The van der Waals surface area contributed by atoms with Gasteiger partial charge in [0.2, 0.25) is 5.91 Å². The average Bonchev–Trinajstić information content (AvgIpc) is 2.95. The molecule has 2 aromatic carbocycles. The van der Waals surface area contributed by atoms with E-state index in [-0.39, 0.29) is 11.8 Å². The summed E-state index contributed by atoms with van der Waals surface area (Å²) in [6.07, 6.45) is 1.61. The highest BCUT2D eigenvalue weighted by Gasteiger charge is 2.21. The molecule has 31 heavy (non-hydrogen) atoms. The molecule has 0 radical (unpaired) electrons. The topological polar surface area (TPSA) is 52.7 Å². The van der Waals surface area contributed by atoms with Crippen molar-refractivity contribution in [3.8, 4) is 0 Å². The maximum atomic E-state index is 13.4. The zero-order valence-electron chi connectivity index (χ0n) is 18.7. The first-order valence-electron chi connectivity index (χ1n) is 10.9. The molecule has 0 aliphatic carbocycles. The van der Waals surface area contributed by atoms with Crippen LogP contribution in [0.25, 0.3) is 0 Å². The highest BCUT2D eigenvalue weighted by atomic mass is 19.1. The molecule has 2 amide bonds. The van der Waals surface area contributed by atoms with Crippen LogP contribution in [0.4, 0.5) is 4.39 Å². The van der Waals surface area contributed by atoms with Gasteiger partial charge in [-0.05, 0) is 68.5 Å². The van der Waals surface area contributed by atoms with Gasteiger partial charge < -0.3 is 10.2 Å². The molecule has 1 aliphatic heterocycles. The fourth-order valence-electron chi connectivity index (χ4n) is 4.33. The molecule has 3 rings (SSSR count). The van der Waals surface area contributed by atoms with Crippen molar-refractivity contribution >= 4 is 11.8 Å². The van der Waals surface area contributed by atoms with E-state index >= 15 is 0 Å². The van der Waals surface area contributed by atoms with Crippen LogP contribution in [0.3, 0.4) is 0 Å². The predicted molar refractivity (Wildman–Crippen MR) is 121 cm³/mol. The highest BCUT2D eigenvalue weighted by Crippen LogP contribution is 2.16. The molecular formula is C25H32FN3O2. The Labute approximate surface area is 184 Å². The van der Waals surface area contributed by atoms with Crippen LogP contribution in [0, 0.1) is 26.6 Å². The molecule has 0 atom stereocenters. The van der Waals surface area contributed by atoms with Crippen LogP contribution in [0.5, 0.6) is 0 Å². The average molecular weight is 426 g/mol. The minimum Gasteiger partial charge on any atom is -0.355 e. The van der Waals surface area contributed by atoms with E-state index in [0.29, 0.717) is 38.3 Å². The summed E-state index contributed by atoms with van der Waals surface area (Å²) >= 11 is 0. The monoisotopic (exact) mass is 425 g/mol. The number of benzene rings is 2. The zero-order valence-corrected chi connectivity index (χ0v) is 18.7. The molecule has 5 nitrogen and oxygen atoms in total. The van der Waals surface area contributed by atoms with Crippen molar-refractivity contribution in [3.63, 3.8) is 0 Å². The van der Waals surface area contributed by atoms with Gasteiger partial charge in [-0.15, -0.1) is 0 Å². The van der Waals surface area contributed by atoms with Gasteiger partial charge in [0.1, 0.15) is 5.82 Å². The summed E-state index contributed by atoms with van der Waals surface area (Å²) in [5.41, 5.74) is 5.46. The van der Waals surface area contributed by atoms with Crippen molar-refractivity contribution in [1.29, 1.82) is 0 Å². The van der Waals surface area contributed by atoms with E-state index in [1.54, 1.807) is 17.0 Å². The van der Waals surface area contributed by atoms with E-state index < -0.39 is 5.82 Å². The van der Waals surface area contributed by atoms with Gasteiger partial charge in [-0.1, -0.05) is 23.8 Å². The van der Waals surface area contributed by atoms with Crippen LogP contribution >= 0.6 is 0 Å². The second-order valence-electron chi connectivity index (χ2n) is 8.41. The Morgan fingerprint density at radius 3 is 2.45 bits per heavy atom. The third-order valence-corrected chi connectivity index (χ3v) is 5.85. The molecule has 0 spiro atoms. The Hall–Kier alpha value is -2.73. The first-order valence-corrected chi connectivity index (χ1v) is 10.9. The molecule has 0 saturated carbocycles. The zero-order chi connectivity index (χ0) is 22.4. The van der Waals surface area contributed by atoms with Crippen molar-refractivity contribution in [1.82, 2.24) is 15.1 Å². The minimum absolute atomic E-state index is 0.00678. The summed E-state index contributed by atoms with van der Waals surface area (Å²) in [5, 5.41) is 3.03. The second-order valence-corrected chi connectivity index (χ2v) is 8.41. The molecular weight excluding hydrogens is 393 g/mol. The molecule has 2 aromatic rings. The summed E-state index contributed by atoms with van der Waals surface area (Å²) in [5.74, 6) is -0.558. The van der Waals surface area contributed by atoms with Crippen LogP contribution in [0.2, 0.25) is 0 Å². The van der Waals surface area contributed by atoms with Crippen molar-refractivity contribution < 1.29 is 14.0 Å². The number of rotatable bonds is 6. The number of carbonyl (C=O) groups is 2. The lowest BCUT2D eigenvalue weighted by Gasteiger charge is -2.22. The Balaban J connectivity index is 1.45. The molecule has 1 fully saturated rings. The largest absolute Gasteiger partial charge is 0.355 e. The summed E-state index contributed by atoms with van der Waals surface area (Å²) in [6.45, 7) is 9.80. The van der Waals surface area contributed by atoms with E-state index in [0.717, 1.165) is 19.4 Å². The summed E-state index contributed by atoms with van der Waals surface area (Å²) in [7, 11) is 0. The van der Waals surface area contributed by atoms with Gasteiger partial charge in [0.05, 0.1) is 6.54 Å². The molecule has 1 heterocycles. The number of hydrogen-bond donors (Lipinski definition) is 1. The maximum absolute atomic E-state index is 13.4. The molecule has 1 aliphatic rings. The highest BCUT2D eigenvalue weighted by molar-refractivity contribution is 5.94. The minimum atomic E-state index is -0.407. The van der Waals surface area contributed by atoms with Gasteiger partial charge in [-0.25, -0.2) is 4.39 Å². The van der Waals surface area contributed by atoms with Gasteiger partial charge in [-0.3, -0.25) is 14.5 Å². The van der Waals surface area contributed by atoms with Gasteiger partial charge in [0.25, 0.3) is 5.91 Å². The van der Waals surface area contributed by atoms with Crippen molar-refractivity contribution in [2.75, 3.05) is 39.3 Å². The molecule has 6 heteroatoms. The van der Waals surface area contributed by atoms with E-state index in [1.807, 2.05) is 0 Å². The van der Waals surface area contributed by atoms with Crippen LogP contribution in [-0.4, -0.2) is 60.9 Å². The maximum Gasteiger partial charge on any atom is 0.254 e. The van der Waals surface area contributed by atoms with Crippen molar-refractivity contribution in [2.45, 2.75) is 33.6 Å². The second kappa shape index (κ2) is 10.5. The molecule has 0 unspecified atom stereocenters. The Morgan fingerprint density at radius 1 is 1.00 bits per heavy atom. The Morgan fingerprint density at radius 2 is 1.74 bits per heavy atom. The number of halogens is 1. The number of nitrogens with zero attached hydrogens (tertiary/aromatic N) is 2. The van der Waals surface area contributed by atoms with Gasteiger partial charge >= 0.3 is 0 Å². The van der Waals surface area contributed by atoms with Gasteiger partial charge in [0.15, 0.2) is 0 Å². The lowest BCUT2D eigenvalue weighted by molar-refractivity contribution is -0.122. The van der Waals surface area contributed by atoms with Crippen LogP contribution < -0.4 is 5.32 Å². The van der Waals surface area contributed by atoms with Crippen LogP contribution in [0.1, 0.15) is 39.0 Å². The van der Waals surface area contributed by atoms with Crippen LogP contribution in [-0.2, 0) is 11.2 Å². The normalized spacial score (nSPS) is 14.9. The van der Waals surface area contributed by atoms with Gasteiger partial charge in [0, 0.05) is 38.3 Å². The van der Waals surface area contributed by atoms with E-state index in [9.17, 15) is 14.0 Å². The summed E-state index contributed by atoms with van der Waals surface area (Å²) in [4.78, 5) is 28.9. The van der Waals surface area contributed by atoms with Gasteiger partial charge in [-0.2, -0.15) is 0 Å². The SMILES string of the molecule is Cc1cc(C)c(CCNC(=O)CN2CCCN(C(=O)c3cccc(F)c3)CC2)c(C)c1. The third kappa shape index (κ3) is 6.37. The fraction of sp³-hybridized carbons (Fsp3) is 0.440. The number of hydrogen-bond acceptors (Lipinski definition) is 3. The standard InChI is InChI=1S/C25H32FN3O2/c1-18-14-19(2)23(20(3)15-18)8-9-27-24(30)17-28-10-5-11-29(13-12-28)25(31)21-6-4-7-22(26)16-21/h4,6-7,14-16H,5,8-13,17H2,1-3H3,(H,27,30). The molecule has 0 aromatic heterocycles. The molecule has 166 valence electrons. The van der Waals surface area contributed by atoms with Crippen molar-refractivity contribution in [2.24, 2.45) is 0 Å². The molecule has 1 N–H and O–H groups in total. The number of aryl methyl sites for hydroxylation is 3. The quantitative estimate of drug-likeness (QED) is 0.773. The predicted octanol–water partition coefficient (Wildman–Crippen LogP) is 3.26. The van der Waals surface area contributed by atoms with E-state index in [4.69, 9.17) is 0 Å². The summed E-state index contributed by atoms with van der Waals surface area (Å²) in [6, 6.07) is 10.2.